The summed E-state index contributed by atoms with van der Waals surface area (Å²) in [5.41, 5.74) is 1.15. The first-order chi connectivity index (χ1) is 17.9. The molecule has 0 N–H and O–H groups in total. The fourth-order valence-electron chi connectivity index (χ4n) is 5.49. The lowest BCUT2D eigenvalue weighted by Gasteiger charge is -2.31. The molecule has 2 aromatic carbocycles. The zero-order chi connectivity index (χ0) is 25.7. The standard InChI is InChI=1S/C27H24FN3O4S2/c28-17-11-9-16(10-12-17)20-21-22(25(34)31(24(21)33)18-7-3-1-4-8-18)36-26-23(20)37-27(35)30(26)15-19(32)29-13-5-2-6-14-29/h1,3-4,7-12,20-22H,2,5-6,13-15H2/t20-,21?,22?/m1/s1. The van der Waals surface area contributed by atoms with Gasteiger partial charge in [-0.15, -0.1) is 0 Å². The first kappa shape index (κ1) is 24.1. The minimum absolute atomic E-state index is 0.101. The number of thiazole rings is 1. The molecule has 7 nitrogen and oxygen atoms in total. The number of carbonyl (C=O) groups is 3. The van der Waals surface area contributed by atoms with E-state index in [0.29, 0.717) is 34.2 Å². The van der Waals surface area contributed by atoms with E-state index >= 15 is 0 Å². The SMILES string of the molecule is O=C(Cn1c2c(sc1=O)[C@H](c1ccc(F)cc1)C1C(=O)N(c3ccccc3)C(=O)C1S2)N1CCCCC1. The van der Waals surface area contributed by atoms with Crippen molar-refractivity contribution in [1.82, 2.24) is 9.47 Å². The molecule has 0 bridgehead atoms. The molecule has 190 valence electrons. The van der Waals surface area contributed by atoms with E-state index in [9.17, 15) is 23.6 Å². The third-order valence-electron chi connectivity index (χ3n) is 7.29. The van der Waals surface area contributed by atoms with E-state index in [1.807, 2.05) is 6.07 Å². The molecule has 0 radical (unpaired) electrons. The van der Waals surface area contributed by atoms with Gasteiger partial charge in [-0.2, -0.15) is 0 Å². The van der Waals surface area contributed by atoms with Crippen LogP contribution < -0.4 is 9.77 Å². The summed E-state index contributed by atoms with van der Waals surface area (Å²) in [7, 11) is 0. The second kappa shape index (κ2) is 9.57. The molecule has 0 aliphatic carbocycles. The molecule has 3 atom stereocenters. The van der Waals surface area contributed by atoms with Gasteiger partial charge in [-0.05, 0) is 49.1 Å². The predicted octanol–water partition coefficient (Wildman–Crippen LogP) is 3.86. The lowest BCUT2D eigenvalue weighted by atomic mass is 9.83. The number of nitrogens with zero attached hydrogens (tertiary/aromatic N) is 3. The number of hydrogen-bond acceptors (Lipinski definition) is 6. The Morgan fingerprint density at radius 3 is 2.32 bits per heavy atom. The Labute approximate surface area is 220 Å². The predicted molar refractivity (Wildman–Crippen MR) is 139 cm³/mol. The summed E-state index contributed by atoms with van der Waals surface area (Å²) in [6.07, 6.45) is 2.98. The van der Waals surface area contributed by atoms with Crippen molar-refractivity contribution in [1.29, 1.82) is 0 Å². The normalized spacial score (nSPS) is 23.2. The van der Waals surface area contributed by atoms with E-state index in [-0.39, 0.29) is 29.1 Å². The van der Waals surface area contributed by atoms with Crippen molar-refractivity contribution >= 4 is 46.5 Å². The third kappa shape index (κ3) is 4.12. The lowest BCUT2D eigenvalue weighted by Crippen LogP contribution is -2.39. The Kier molecular flexibility index (Phi) is 6.24. The van der Waals surface area contributed by atoms with Crippen molar-refractivity contribution in [2.45, 2.75) is 42.0 Å². The molecule has 2 fully saturated rings. The average molecular weight is 538 g/mol. The molecular formula is C27H24FN3O4S2. The number of para-hydroxylation sites is 1. The minimum atomic E-state index is -0.763. The van der Waals surface area contributed by atoms with Crippen LogP contribution in [0.2, 0.25) is 0 Å². The molecule has 3 aliphatic rings. The fraction of sp³-hybridized carbons (Fsp3) is 0.333. The molecule has 0 saturated carbocycles. The van der Waals surface area contributed by atoms with Gasteiger partial charge in [-0.25, -0.2) is 9.29 Å². The second-order valence-electron chi connectivity index (χ2n) is 9.51. The molecule has 4 heterocycles. The van der Waals surface area contributed by atoms with Gasteiger partial charge < -0.3 is 4.90 Å². The van der Waals surface area contributed by atoms with E-state index < -0.39 is 22.9 Å². The van der Waals surface area contributed by atoms with Crippen molar-refractivity contribution in [3.8, 4) is 0 Å². The number of rotatable bonds is 4. The average Bonchev–Trinajstić information content (AvgIpc) is 3.36. The maximum absolute atomic E-state index is 13.8. The van der Waals surface area contributed by atoms with Crippen LogP contribution in [0.25, 0.3) is 0 Å². The second-order valence-corrected chi connectivity index (χ2v) is 11.6. The van der Waals surface area contributed by atoms with Crippen LogP contribution in [-0.2, 0) is 20.9 Å². The Morgan fingerprint density at radius 1 is 0.919 bits per heavy atom. The van der Waals surface area contributed by atoms with Crippen molar-refractivity contribution in [3.05, 3.63) is 80.5 Å². The van der Waals surface area contributed by atoms with Gasteiger partial charge in [-0.1, -0.05) is 53.4 Å². The number of thioether (sulfide) groups is 1. The van der Waals surface area contributed by atoms with Gasteiger partial charge in [-0.3, -0.25) is 23.7 Å². The molecule has 3 aromatic rings. The maximum atomic E-state index is 13.8. The van der Waals surface area contributed by atoms with E-state index in [1.165, 1.54) is 33.4 Å². The Hall–Kier alpha value is -3.24. The number of likely N-dealkylation sites (tertiary alicyclic amines) is 1. The van der Waals surface area contributed by atoms with E-state index in [4.69, 9.17) is 0 Å². The number of halogens is 1. The summed E-state index contributed by atoms with van der Waals surface area (Å²) in [5, 5.41) is -0.215. The summed E-state index contributed by atoms with van der Waals surface area (Å²) < 4.78 is 15.3. The molecule has 0 spiro atoms. The molecule has 6 rings (SSSR count). The van der Waals surface area contributed by atoms with Gasteiger partial charge in [0.05, 0.1) is 16.6 Å². The Bertz CT molecular complexity index is 1430. The van der Waals surface area contributed by atoms with Gasteiger partial charge in [0, 0.05) is 23.9 Å². The highest BCUT2D eigenvalue weighted by Crippen LogP contribution is 2.53. The summed E-state index contributed by atoms with van der Waals surface area (Å²) in [6, 6.07) is 14.6. The van der Waals surface area contributed by atoms with Crippen molar-refractivity contribution in [2.75, 3.05) is 18.0 Å². The van der Waals surface area contributed by atoms with Gasteiger partial charge in [0.25, 0.3) is 0 Å². The van der Waals surface area contributed by atoms with Gasteiger partial charge in [0.2, 0.25) is 17.7 Å². The topological polar surface area (TPSA) is 79.7 Å². The quantitative estimate of drug-likeness (QED) is 0.473. The summed E-state index contributed by atoms with van der Waals surface area (Å²) >= 11 is 2.19. The summed E-state index contributed by atoms with van der Waals surface area (Å²) in [4.78, 5) is 57.0. The highest BCUT2D eigenvalue weighted by molar-refractivity contribution is 8.00. The summed E-state index contributed by atoms with van der Waals surface area (Å²) in [6.45, 7) is 1.25. The lowest BCUT2D eigenvalue weighted by molar-refractivity contribution is -0.133. The maximum Gasteiger partial charge on any atom is 0.308 e. The van der Waals surface area contributed by atoms with Crippen molar-refractivity contribution < 1.29 is 18.8 Å². The fourth-order valence-corrected chi connectivity index (χ4v) is 8.27. The number of anilines is 1. The number of benzene rings is 2. The van der Waals surface area contributed by atoms with Crippen LogP contribution in [0, 0.1) is 11.7 Å². The van der Waals surface area contributed by atoms with Crippen LogP contribution in [-0.4, -0.2) is 45.5 Å². The van der Waals surface area contributed by atoms with Crippen LogP contribution in [0.1, 0.15) is 35.6 Å². The monoisotopic (exact) mass is 537 g/mol. The Morgan fingerprint density at radius 2 is 1.62 bits per heavy atom. The van der Waals surface area contributed by atoms with E-state index in [1.54, 1.807) is 41.3 Å². The number of fused-ring (bicyclic) bond motifs is 2. The molecule has 37 heavy (non-hydrogen) atoms. The van der Waals surface area contributed by atoms with Gasteiger partial charge >= 0.3 is 4.87 Å². The molecule has 2 unspecified atom stereocenters. The Balaban J connectivity index is 1.44. The third-order valence-corrected chi connectivity index (χ3v) is 9.90. The van der Waals surface area contributed by atoms with Crippen LogP contribution in [0.4, 0.5) is 10.1 Å². The van der Waals surface area contributed by atoms with E-state index in [2.05, 4.69) is 0 Å². The highest BCUT2D eigenvalue weighted by Gasteiger charge is 2.56. The summed E-state index contributed by atoms with van der Waals surface area (Å²) in [5.74, 6) is -2.58. The molecule has 10 heteroatoms. The number of aromatic nitrogens is 1. The molecule has 2 saturated heterocycles. The molecule has 3 amide bonds. The van der Waals surface area contributed by atoms with Gasteiger partial charge in [0.1, 0.15) is 17.6 Å². The van der Waals surface area contributed by atoms with Crippen molar-refractivity contribution in [2.24, 2.45) is 5.92 Å². The van der Waals surface area contributed by atoms with E-state index in [0.717, 1.165) is 30.6 Å². The largest absolute Gasteiger partial charge is 0.341 e. The van der Waals surface area contributed by atoms with Crippen LogP contribution >= 0.6 is 23.1 Å². The molecule has 1 aromatic heterocycles. The first-order valence-electron chi connectivity index (χ1n) is 12.3. The van der Waals surface area contributed by atoms with Gasteiger partial charge in [0.15, 0.2) is 0 Å². The first-order valence-corrected chi connectivity index (χ1v) is 14.0. The van der Waals surface area contributed by atoms with Crippen LogP contribution in [0.3, 0.4) is 0 Å². The smallest absolute Gasteiger partial charge is 0.308 e. The molecular weight excluding hydrogens is 513 g/mol. The highest BCUT2D eigenvalue weighted by atomic mass is 32.2. The number of piperidine rings is 1. The zero-order valence-corrected chi connectivity index (χ0v) is 21.5. The number of hydrogen-bond donors (Lipinski definition) is 0. The van der Waals surface area contributed by atoms with Crippen LogP contribution in [0.15, 0.2) is 64.4 Å². The van der Waals surface area contributed by atoms with Crippen molar-refractivity contribution in [3.63, 3.8) is 0 Å². The van der Waals surface area contributed by atoms with Crippen LogP contribution in [0.5, 0.6) is 0 Å². The zero-order valence-electron chi connectivity index (χ0n) is 19.8. The molecule has 3 aliphatic heterocycles. The minimum Gasteiger partial charge on any atom is -0.341 e. The number of amides is 3. The number of carbonyl (C=O) groups excluding carboxylic acids is 3. The number of imide groups is 1.